The smallest absolute Gasteiger partial charge is 0.307 e. The molecule has 7 heteroatoms. The number of amides is 2. The van der Waals surface area contributed by atoms with Crippen molar-refractivity contribution >= 4 is 29.2 Å². The normalized spacial score (nSPS) is 17.6. The van der Waals surface area contributed by atoms with Gasteiger partial charge in [0.1, 0.15) is 0 Å². The molecule has 0 spiro atoms. The summed E-state index contributed by atoms with van der Waals surface area (Å²) in [5.74, 6) is -3.55. The molecular weight excluding hydrogens is 394 g/mol. The number of carbonyl (C=O) groups excluding carboxylic acids is 2. The van der Waals surface area contributed by atoms with Crippen LogP contribution >= 0.6 is 0 Å². The van der Waals surface area contributed by atoms with Crippen molar-refractivity contribution in [3.8, 4) is 0 Å². The van der Waals surface area contributed by atoms with E-state index in [-0.39, 0.29) is 5.92 Å². The number of hydrogen-bond acceptors (Lipinski definition) is 4. The molecule has 162 valence electrons. The average Bonchev–Trinajstić information content (AvgIpc) is 2.88. The first-order valence-electron chi connectivity index (χ1n) is 10.3. The molecule has 2 aromatic rings. The number of anilines is 1. The number of carboxylic acid groups (broad SMARTS) is 1. The average molecular weight is 421 g/mol. The van der Waals surface area contributed by atoms with Crippen LogP contribution in [0.1, 0.15) is 38.3 Å². The third kappa shape index (κ3) is 5.17. The van der Waals surface area contributed by atoms with Gasteiger partial charge >= 0.3 is 5.97 Å². The highest BCUT2D eigenvalue weighted by molar-refractivity contribution is 6.19. The van der Waals surface area contributed by atoms with Gasteiger partial charge < -0.3 is 15.7 Å². The van der Waals surface area contributed by atoms with E-state index in [0.29, 0.717) is 17.8 Å². The number of rotatable bonds is 7. The molecule has 0 aromatic heterocycles. The van der Waals surface area contributed by atoms with E-state index >= 15 is 0 Å². The molecule has 0 saturated heterocycles. The van der Waals surface area contributed by atoms with E-state index in [1.165, 1.54) is 6.92 Å². The maximum Gasteiger partial charge on any atom is 0.307 e. The number of aliphatic carboxylic acids is 1. The maximum absolute atomic E-state index is 13.0. The van der Waals surface area contributed by atoms with Gasteiger partial charge in [-0.3, -0.25) is 14.4 Å². The SMILES string of the molecule is CC(C)C[C@@H](C(=O)NC1N=C(c2ccccc2)c2ccccc2NC1=O)C(C)C(=O)O. The number of hydrogen-bond donors (Lipinski definition) is 3. The molecule has 7 nitrogen and oxygen atoms in total. The van der Waals surface area contributed by atoms with Crippen molar-refractivity contribution in [3.63, 3.8) is 0 Å². The zero-order valence-corrected chi connectivity index (χ0v) is 17.8. The third-order valence-corrected chi connectivity index (χ3v) is 5.33. The molecule has 3 N–H and O–H groups in total. The minimum Gasteiger partial charge on any atom is -0.481 e. The van der Waals surface area contributed by atoms with Crippen molar-refractivity contribution in [3.05, 3.63) is 65.7 Å². The molecule has 3 rings (SSSR count). The zero-order valence-electron chi connectivity index (χ0n) is 17.8. The fourth-order valence-corrected chi connectivity index (χ4v) is 3.64. The fraction of sp³-hybridized carbons (Fsp3) is 0.333. The number of fused-ring (bicyclic) bond motifs is 1. The van der Waals surface area contributed by atoms with Crippen LogP contribution in [0.3, 0.4) is 0 Å². The van der Waals surface area contributed by atoms with Crippen LogP contribution in [-0.2, 0) is 14.4 Å². The lowest BCUT2D eigenvalue weighted by atomic mass is 9.85. The summed E-state index contributed by atoms with van der Waals surface area (Å²) in [6.45, 7) is 5.36. The highest BCUT2D eigenvalue weighted by atomic mass is 16.4. The van der Waals surface area contributed by atoms with E-state index in [4.69, 9.17) is 0 Å². The third-order valence-electron chi connectivity index (χ3n) is 5.33. The number of benzodiazepines with no additional fused rings is 1. The molecule has 2 unspecified atom stereocenters. The van der Waals surface area contributed by atoms with E-state index < -0.39 is 35.8 Å². The van der Waals surface area contributed by atoms with Gasteiger partial charge in [0.25, 0.3) is 5.91 Å². The highest BCUT2D eigenvalue weighted by Gasteiger charge is 2.34. The Labute approximate surface area is 181 Å². The Hall–Kier alpha value is -3.48. The first-order valence-corrected chi connectivity index (χ1v) is 10.3. The molecule has 2 amide bonds. The van der Waals surface area contributed by atoms with E-state index in [1.54, 1.807) is 6.07 Å². The minimum absolute atomic E-state index is 0.119. The highest BCUT2D eigenvalue weighted by Crippen LogP contribution is 2.25. The molecule has 0 aliphatic carbocycles. The van der Waals surface area contributed by atoms with Crippen LogP contribution in [0.4, 0.5) is 5.69 Å². The van der Waals surface area contributed by atoms with Crippen molar-refractivity contribution in [2.45, 2.75) is 33.4 Å². The first kappa shape index (κ1) is 22.2. The number of carbonyl (C=O) groups is 3. The standard InChI is InChI=1S/C24H27N3O4/c1-14(2)13-18(15(3)24(30)31)22(28)27-21-23(29)25-19-12-8-7-11-17(19)20(26-21)16-9-5-4-6-10-16/h4-12,14-15,18,21H,13H2,1-3H3,(H,25,29)(H,27,28)(H,30,31)/t15?,18-,21?/m1/s1. The topological polar surface area (TPSA) is 108 Å². The number of para-hydroxylation sites is 1. The Morgan fingerprint density at radius 1 is 1.06 bits per heavy atom. The largest absolute Gasteiger partial charge is 0.481 e. The number of benzene rings is 2. The van der Waals surface area contributed by atoms with Crippen molar-refractivity contribution < 1.29 is 19.5 Å². The Balaban J connectivity index is 1.97. The van der Waals surface area contributed by atoms with Crippen LogP contribution in [0, 0.1) is 17.8 Å². The fourth-order valence-electron chi connectivity index (χ4n) is 3.64. The quantitative estimate of drug-likeness (QED) is 0.637. The first-order chi connectivity index (χ1) is 14.8. The summed E-state index contributed by atoms with van der Waals surface area (Å²) in [6, 6.07) is 16.7. The van der Waals surface area contributed by atoms with Gasteiger partial charge in [-0.25, -0.2) is 4.99 Å². The molecule has 0 saturated carbocycles. The van der Waals surface area contributed by atoms with Gasteiger partial charge in [-0.15, -0.1) is 0 Å². The van der Waals surface area contributed by atoms with E-state index in [0.717, 1.165) is 11.1 Å². The molecule has 31 heavy (non-hydrogen) atoms. The molecule has 0 fully saturated rings. The van der Waals surface area contributed by atoms with E-state index in [2.05, 4.69) is 15.6 Å². The Kier molecular flexibility index (Phi) is 6.84. The van der Waals surface area contributed by atoms with Crippen LogP contribution < -0.4 is 10.6 Å². The Morgan fingerprint density at radius 2 is 1.71 bits per heavy atom. The summed E-state index contributed by atoms with van der Waals surface area (Å²) in [6.07, 6.45) is -0.783. The van der Waals surface area contributed by atoms with Gasteiger partial charge in [0.05, 0.1) is 23.2 Å². The van der Waals surface area contributed by atoms with E-state index in [9.17, 15) is 19.5 Å². The van der Waals surface area contributed by atoms with Crippen LogP contribution in [0.15, 0.2) is 59.6 Å². The lowest BCUT2D eigenvalue weighted by Gasteiger charge is -2.24. The predicted molar refractivity (Wildman–Crippen MR) is 119 cm³/mol. The van der Waals surface area contributed by atoms with Crippen LogP contribution in [0.2, 0.25) is 0 Å². The van der Waals surface area contributed by atoms with Crippen LogP contribution in [0.5, 0.6) is 0 Å². The second kappa shape index (κ2) is 9.55. The zero-order chi connectivity index (χ0) is 22.5. The molecule has 1 heterocycles. The molecule has 1 aliphatic heterocycles. The summed E-state index contributed by atoms with van der Waals surface area (Å²) in [7, 11) is 0. The summed E-state index contributed by atoms with van der Waals surface area (Å²) in [4.78, 5) is 42.1. The lowest BCUT2D eigenvalue weighted by Crippen LogP contribution is -2.47. The molecule has 1 aliphatic rings. The summed E-state index contributed by atoms with van der Waals surface area (Å²) < 4.78 is 0. The van der Waals surface area contributed by atoms with Crippen LogP contribution in [0.25, 0.3) is 0 Å². The Bertz CT molecular complexity index is 1000. The van der Waals surface area contributed by atoms with Gasteiger partial charge in [0.15, 0.2) is 0 Å². The van der Waals surface area contributed by atoms with Crippen molar-refractivity contribution in [2.75, 3.05) is 5.32 Å². The molecule has 0 radical (unpaired) electrons. The Morgan fingerprint density at radius 3 is 2.35 bits per heavy atom. The van der Waals surface area contributed by atoms with Crippen molar-refractivity contribution in [1.29, 1.82) is 0 Å². The van der Waals surface area contributed by atoms with Gasteiger partial charge in [-0.1, -0.05) is 69.3 Å². The van der Waals surface area contributed by atoms with Gasteiger partial charge in [-0.2, -0.15) is 0 Å². The van der Waals surface area contributed by atoms with Crippen LogP contribution in [-0.4, -0.2) is 34.8 Å². The number of aliphatic imine (C=N–C) groups is 1. The monoisotopic (exact) mass is 421 g/mol. The second-order valence-electron chi connectivity index (χ2n) is 8.15. The maximum atomic E-state index is 13.0. The summed E-state index contributed by atoms with van der Waals surface area (Å²) in [5.41, 5.74) is 2.73. The molecule has 2 aromatic carbocycles. The predicted octanol–water partition coefficient (Wildman–Crippen LogP) is 3.30. The van der Waals surface area contributed by atoms with E-state index in [1.807, 2.05) is 62.4 Å². The molecule has 3 atom stereocenters. The minimum atomic E-state index is -1.18. The van der Waals surface area contributed by atoms with Crippen molar-refractivity contribution in [2.24, 2.45) is 22.7 Å². The number of carboxylic acids is 1. The van der Waals surface area contributed by atoms with Gasteiger partial charge in [-0.05, 0) is 18.4 Å². The van der Waals surface area contributed by atoms with Gasteiger partial charge in [0, 0.05) is 11.1 Å². The summed E-state index contributed by atoms with van der Waals surface area (Å²) >= 11 is 0. The molecule has 0 bridgehead atoms. The van der Waals surface area contributed by atoms with Gasteiger partial charge in [0.2, 0.25) is 12.1 Å². The number of nitrogens with one attached hydrogen (secondary N) is 2. The molecular formula is C24H27N3O4. The second-order valence-corrected chi connectivity index (χ2v) is 8.15. The summed E-state index contributed by atoms with van der Waals surface area (Å²) in [5, 5.41) is 14.9. The van der Waals surface area contributed by atoms with Crippen molar-refractivity contribution in [1.82, 2.24) is 5.32 Å². The number of nitrogens with zero attached hydrogens (tertiary/aromatic N) is 1. The lowest BCUT2D eigenvalue weighted by molar-refractivity contribution is -0.147.